The Balaban J connectivity index is 1.75. The van der Waals surface area contributed by atoms with Crippen molar-refractivity contribution >= 4 is 29.2 Å². The predicted molar refractivity (Wildman–Crippen MR) is 77.9 cm³/mol. The van der Waals surface area contributed by atoms with E-state index in [1.165, 1.54) is 0 Å². The molecule has 0 bridgehead atoms. The first-order chi connectivity index (χ1) is 9.65. The van der Waals surface area contributed by atoms with E-state index in [1.54, 1.807) is 18.2 Å². The van der Waals surface area contributed by atoms with E-state index >= 15 is 0 Å². The number of carbonyl (C=O) groups excluding carboxylic acids is 1. The van der Waals surface area contributed by atoms with Crippen LogP contribution in [0.4, 0.5) is 0 Å². The molecule has 1 heterocycles. The van der Waals surface area contributed by atoms with Crippen LogP contribution >= 0.6 is 23.2 Å². The number of hydrogen-bond acceptors (Lipinski definition) is 3. The number of halogens is 2. The molecule has 0 saturated heterocycles. The summed E-state index contributed by atoms with van der Waals surface area (Å²) in [4.78, 5) is 11.7. The Morgan fingerprint density at radius 3 is 2.75 bits per heavy atom. The van der Waals surface area contributed by atoms with Gasteiger partial charge < -0.3 is 4.74 Å². The van der Waals surface area contributed by atoms with Gasteiger partial charge in [0, 0.05) is 22.2 Å². The molecule has 0 saturated carbocycles. The third kappa shape index (κ3) is 2.52. The average Bonchev–Trinajstić information content (AvgIpc) is 2.75. The molecular weight excluding hydrogens is 297 g/mol. The fraction of sp³-hybridized carbons (Fsp3) is 0.133. The van der Waals surface area contributed by atoms with E-state index in [4.69, 9.17) is 27.9 Å². The van der Waals surface area contributed by atoms with E-state index in [1.807, 2.05) is 24.3 Å². The molecule has 1 unspecified atom stereocenters. The number of benzene rings is 2. The third-order valence-corrected chi connectivity index (χ3v) is 3.77. The summed E-state index contributed by atoms with van der Waals surface area (Å²) in [7, 11) is 0. The van der Waals surface area contributed by atoms with Crippen LogP contribution < -0.4 is 5.32 Å². The zero-order chi connectivity index (χ0) is 14.1. The van der Waals surface area contributed by atoms with Crippen LogP contribution in [0.2, 0.25) is 10.0 Å². The minimum Gasteiger partial charge on any atom is -0.439 e. The standard InChI is InChI=1S/C15H11Cl2NO2/c16-10-6-5-9(13(17)7-10)8-18-14-11-3-1-2-4-12(11)15(19)20-14/h1-7,14,18H,8H2. The van der Waals surface area contributed by atoms with Crippen molar-refractivity contribution in [3.05, 3.63) is 69.2 Å². The first-order valence-electron chi connectivity index (χ1n) is 6.12. The maximum atomic E-state index is 11.7. The smallest absolute Gasteiger partial charge is 0.340 e. The number of fused-ring (bicyclic) bond motifs is 1. The molecule has 0 aliphatic carbocycles. The Bertz CT molecular complexity index is 673. The number of rotatable bonds is 3. The van der Waals surface area contributed by atoms with Crippen LogP contribution in [0.1, 0.15) is 27.7 Å². The van der Waals surface area contributed by atoms with E-state index < -0.39 is 6.23 Å². The van der Waals surface area contributed by atoms with Crippen LogP contribution in [0.5, 0.6) is 0 Å². The fourth-order valence-electron chi connectivity index (χ4n) is 2.16. The fourth-order valence-corrected chi connectivity index (χ4v) is 2.64. The number of esters is 1. The highest BCUT2D eigenvalue weighted by Crippen LogP contribution is 2.29. The lowest BCUT2D eigenvalue weighted by molar-refractivity contribution is 0.0304. The van der Waals surface area contributed by atoms with Gasteiger partial charge in [-0.3, -0.25) is 5.32 Å². The molecule has 3 nitrogen and oxygen atoms in total. The average molecular weight is 308 g/mol. The van der Waals surface area contributed by atoms with Gasteiger partial charge >= 0.3 is 5.97 Å². The number of carbonyl (C=O) groups is 1. The lowest BCUT2D eigenvalue weighted by Gasteiger charge is -2.13. The Hall–Kier alpha value is -1.55. The van der Waals surface area contributed by atoms with Crippen LogP contribution in [-0.2, 0) is 11.3 Å². The van der Waals surface area contributed by atoms with Crippen molar-refractivity contribution in [2.24, 2.45) is 0 Å². The van der Waals surface area contributed by atoms with Gasteiger partial charge in [-0.2, -0.15) is 0 Å². The molecule has 0 radical (unpaired) electrons. The summed E-state index contributed by atoms with van der Waals surface area (Å²) >= 11 is 12.0. The molecular formula is C15H11Cl2NO2. The molecule has 0 aromatic heterocycles. The van der Waals surface area contributed by atoms with Gasteiger partial charge in [-0.15, -0.1) is 0 Å². The molecule has 1 aliphatic heterocycles. The minimum atomic E-state index is -0.439. The monoisotopic (exact) mass is 307 g/mol. The van der Waals surface area contributed by atoms with Crippen LogP contribution in [0.25, 0.3) is 0 Å². The highest BCUT2D eigenvalue weighted by Gasteiger charge is 2.29. The minimum absolute atomic E-state index is 0.305. The van der Waals surface area contributed by atoms with Crippen LogP contribution in [0.15, 0.2) is 42.5 Å². The molecule has 0 spiro atoms. The van der Waals surface area contributed by atoms with Gasteiger partial charge in [0.2, 0.25) is 0 Å². The molecule has 3 rings (SSSR count). The highest BCUT2D eigenvalue weighted by atomic mass is 35.5. The van der Waals surface area contributed by atoms with Gasteiger partial charge in [0.1, 0.15) is 0 Å². The molecule has 1 N–H and O–H groups in total. The number of nitrogens with one attached hydrogen (secondary N) is 1. The van der Waals surface area contributed by atoms with Gasteiger partial charge in [0.15, 0.2) is 6.23 Å². The summed E-state index contributed by atoms with van der Waals surface area (Å²) in [6, 6.07) is 12.6. The summed E-state index contributed by atoms with van der Waals surface area (Å²) in [5.74, 6) is -0.305. The Morgan fingerprint density at radius 1 is 1.15 bits per heavy atom. The van der Waals surface area contributed by atoms with E-state index in [0.717, 1.165) is 11.1 Å². The lowest BCUT2D eigenvalue weighted by atomic mass is 10.1. The maximum absolute atomic E-state index is 11.7. The largest absolute Gasteiger partial charge is 0.439 e. The van der Waals surface area contributed by atoms with E-state index in [-0.39, 0.29) is 5.97 Å². The van der Waals surface area contributed by atoms with Gasteiger partial charge in [-0.05, 0) is 23.8 Å². The molecule has 20 heavy (non-hydrogen) atoms. The summed E-state index contributed by atoms with van der Waals surface area (Å²) in [6.07, 6.45) is -0.439. The van der Waals surface area contributed by atoms with Crippen LogP contribution in [0, 0.1) is 0 Å². The summed E-state index contributed by atoms with van der Waals surface area (Å²) in [5.41, 5.74) is 2.35. The second-order valence-corrected chi connectivity index (χ2v) is 5.33. The normalized spacial score (nSPS) is 16.9. The predicted octanol–water partition coefficient (Wildman–Crippen LogP) is 3.95. The SMILES string of the molecule is O=C1OC(NCc2ccc(Cl)cc2Cl)c2ccccc21. The Labute approximate surface area is 126 Å². The summed E-state index contributed by atoms with van der Waals surface area (Å²) < 4.78 is 5.30. The zero-order valence-electron chi connectivity index (χ0n) is 10.4. The van der Waals surface area contributed by atoms with E-state index in [9.17, 15) is 4.79 Å². The lowest BCUT2D eigenvalue weighted by Crippen LogP contribution is -2.20. The second kappa shape index (κ2) is 5.44. The molecule has 5 heteroatoms. The maximum Gasteiger partial charge on any atom is 0.340 e. The quantitative estimate of drug-likeness (QED) is 0.873. The number of ether oxygens (including phenoxy) is 1. The van der Waals surface area contributed by atoms with Crippen molar-refractivity contribution < 1.29 is 9.53 Å². The number of cyclic esters (lactones) is 1. The van der Waals surface area contributed by atoms with E-state index in [2.05, 4.69) is 5.32 Å². The molecule has 0 amide bonds. The van der Waals surface area contributed by atoms with Crippen molar-refractivity contribution in [3.8, 4) is 0 Å². The molecule has 2 aromatic carbocycles. The number of hydrogen-bond donors (Lipinski definition) is 1. The van der Waals surface area contributed by atoms with Crippen molar-refractivity contribution in [2.45, 2.75) is 12.8 Å². The van der Waals surface area contributed by atoms with Gasteiger partial charge in [0.25, 0.3) is 0 Å². The van der Waals surface area contributed by atoms with E-state index in [0.29, 0.717) is 22.2 Å². The molecule has 2 aromatic rings. The topological polar surface area (TPSA) is 38.3 Å². The first kappa shape index (κ1) is 13.4. The van der Waals surface area contributed by atoms with Gasteiger partial charge in [-0.1, -0.05) is 47.5 Å². The molecule has 1 atom stereocenters. The molecule has 1 aliphatic rings. The van der Waals surface area contributed by atoms with Crippen LogP contribution in [-0.4, -0.2) is 5.97 Å². The Kier molecular flexibility index (Phi) is 3.66. The molecule has 0 fully saturated rings. The van der Waals surface area contributed by atoms with Crippen molar-refractivity contribution in [2.75, 3.05) is 0 Å². The van der Waals surface area contributed by atoms with Crippen molar-refractivity contribution in [1.29, 1.82) is 0 Å². The van der Waals surface area contributed by atoms with Crippen molar-refractivity contribution in [1.82, 2.24) is 5.32 Å². The van der Waals surface area contributed by atoms with Gasteiger partial charge in [0.05, 0.1) is 5.56 Å². The third-order valence-electron chi connectivity index (χ3n) is 3.18. The summed E-state index contributed by atoms with van der Waals surface area (Å²) in [6.45, 7) is 0.488. The van der Waals surface area contributed by atoms with Crippen molar-refractivity contribution in [3.63, 3.8) is 0 Å². The van der Waals surface area contributed by atoms with Crippen LogP contribution in [0.3, 0.4) is 0 Å². The summed E-state index contributed by atoms with van der Waals surface area (Å²) in [5, 5.41) is 4.35. The molecule has 102 valence electrons. The highest BCUT2D eigenvalue weighted by molar-refractivity contribution is 6.35. The zero-order valence-corrected chi connectivity index (χ0v) is 11.9. The first-order valence-corrected chi connectivity index (χ1v) is 6.88. The Morgan fingerprint density at radius 2 is 1.95 bits per heavy atom. The second-order valence-electron chi connectivity index (χ2n) is 4.49. The van der Waals surface area contributed by atoms with Gasteiger partial charge in [-0.25, -0.2) is 4.79 Å².